The van der Waals surface area contributed by atoms with Crippen molar-refractivity contribution in [2.75, 3.05) is 79.0 Å². The normalized spacial score (nSPS) is 13.7. The van der Waals surface area contributed by atoms with Gasteiger partial charge in [0.1, 0.15) is 0 Å². The van der Waals surface area contributed by atoms with Crippen molar-refractivity contribution in [1.29, 1.82) is 0 Å². The van der Waals surface area contributed by atoms with E-state index in [2.05, 4.69) is 59.3 Å². The van der Waals surface area contributed by atoms with Crippen molar-refractivity contribution in [3.63, 3.8) is 0 Å². The van der Waals surface area contributed by atoms with Gasteiger partial charge in [-0.2, -0.15) is 0 Å². The molecule has 0 unspecified atom stereocenters. The van der Waals surface area contributed by atoms with Crippen LogP contribution in [0.25, 0.3) is 0 Å². The maximum Gasteiger partial charge on any atom is 0.0660 e. The van der Waals surface area contributed by atoms with Crippen molar-refractivity contribution in [3.05, 3.63) is 0 Å². The average molecular weight is 975 g/mol. The highest BCUT2D eigenvalue weighted by Crippen LogP contribution is 2.19. The van der Waals surface area contributed by atoms with Gasteiger partial charge in [0, 0.05) is 32.8 Å². The third-order valence-electron chi connectivity index (χ3n) is 15.6. The van der Waals surface area contributed by atoms with Gasteiger partial charge >= 0.3 is 0 Å². The molecule has 0 atom stereocenters. The molecule has 0 N–H and O–H groups in total. The van der Waals surface area contributed by atoms with E-state index in [0.29, 0.717) is 0 Å². The van der Waals surface area contributed by atoms with Crippen molar-refractivity contribution in [1.82, 2.24) is 24.7 Å². The molecule has 1 fully saturated rings. The smallest absolute Gasteiger partial charge is 0.0660 e. The van der Waals surface area contributed by atoms with Crippen molar-refractivity contribution in [2.45, 2.75) is 330 Å². The minimum atomic E-state index is 0.959. The molecule has 0 aliphatic carbocycles. The number of nitrogens with zero attached hydrogens (tertiary/aromatic N) is 5. The zero-order chi connectivity index (χ0) is 49.6. The molecule has 6 heteroatoms. The van der Waals surface area contributed by atoms with Gasteiger partial charge in [0.25, 0.3) is 0 Å². The second kappa shape index (κ2) is 55.5. The number of hydrogen-bond acceptors (Lipinski definition) is 6. The van der Waals surface area contributed by atoms with Crippen LogP contribution in [0.5, 0.6) is 0 Å². The van der Waals surface area contributed by atoms with Gasteiger partial charge in [-0.3, -0.25) is 14.7 Å². The Morgan fingerprint density at radius 2 is 0.565 bits per heavy atom. The van der Waals surface area contributed by atoms with Crippen LogP contribution in [-0.4, -0.2) is 104 Å². The molecule has 69 heavy (non-hydrogen) atoms. The van der Waals surface area contributed by atoms with Crippen LogP contribution < -0.4 is 0 Å². The molecule has 0 bridgehead atoms. The Bertz CT molecular complexity index is 928. The summed E-state index contributed by atoms with van der Waals surface area (Å²) in [6, 6.07) is 0. The van der Waals surface area contributed by atoms with Gasteiger partial charge in [0.15, 0.2) is 0 Å². The summed E-state index contributed by atoms with van der Waals surface area (Å²) in [5.74, 6) is 0. The predicted molar refractivity (Wildman–Crippen MR) is 309 cm³/mol. The van der Waals surface area contributed by atoms with Crippen molar-refractivity contribution < 1.29 is 4.74 Å². The van der Waals surface area contributed by atoms with Crippen LogP contribution in [-0.2, 0) is 4.74 Å². The highest BCUT2D eigenvalue weighted by atomic mass is 16.5. The third kappa shape index (κ3) is 46.1. The standard InChI is InChI=1S/C63H131N5O/c1-6-11-16-20-24-28-32-36-40-46-54-65(55-47-41-37-33-29-25-21-17-12-7-2)62-67(56-49-42-38-34-30-26-22-18-13-8-3)68-58-57-66(63-68)61-64(52-45-39-35-31-27-23-19-14-9-4)53-48-43-44-51-60-69-59-50-15-10-5/h6-63H2,1-5H3. The first kappa shape index (κ1) is 66.8. The molecular formula is C63H131N5O. The molecule has 1 aliphatic heterocycles. The Hall–Kier alpha value is -0.240. The summed E-state index contributed by atoms with van der Waals surface area (Å²) in [6.45, 7) is 25.7. The minimum absolute atomic E-state index is 0.959. The molecule has 0 spiro atoms. The number of hydrazine groups is 1. The van der Waals surface area contributed by atoms with Crippen molar-refractivity contribution in [3.8, 4) is 0 Å². The number of hydrogen-bond donors (Lipinski definition) is 0. The van der Waals surface area contributed by atoms with Gasteiger partial charge in [-0.1, -0.05) is 285 Å². The molecule has 414 valence electrons. The van der Waals surface area contributed by atoms with Crippen molar-refractivity contribution >= 4 is 0 Å². The molecule has 0 aromatic rings. The molecule has 1 saturated heterocycles. The fourth-order valence-corrected chi connectivity index (χ4v) is 10.8. The number of rotatable bonds is 59. The van der Waals surface area contributed by atoms with Gasteiger partial charge in [-0.25, -0.2) is 10.0 Å². The average Bonchev–Trinajstić information content (AvgIpc) is 3.83. The summed E-state index contributed by atoms with van der Waals surface area (Å²) in [6.07, 6.45) is 64.5. The second-order valence-electron chi connectivity index (χ2n) is 22.6. The zero-order valence-electron chi connectivity index (χ0n) is 48.7. The lowest BCUT2D eigenvalue weighted by molar-refractivity contribution is -0.0621. The lowest BCUT2D eigenvalue weighted by Gasteiger charge is -2.37. The Balaban J connectivity index is 2.90. The molecule has 1 aliphatic rings. The van der Waals surface area contributed by atoms with Crippen LogP contribution in [0.15, 0.2) is 0 Å². The topological polar surface area (TPSA) is 25.4 Å². The summed E-state index contributed by atoms with van der Waals surface area (Å²) in [5, 5.41) is 5.68. The van der Waals surface area contributed by atoms with Crippen LogP contribution in [0, 0.1) is 0 Å². The zero-order valence-corrected chi connectivity index (χ0v) is 48.7. The van der Waals surface area contributed by atoms with Crippen LogP contribution in [0.4, 0.5) is 0 Å². The third-order valence-corrected chi connectivity index (χ3v) is 15.6. The maximum atomic E-state index is 5.95. The first-order valence-electron chi connectivity index (χ1n) is 32.4. The van der Waals surface area contributed by atoms with Gasteiger partial charge in [0.05, 0.1) is 20.0 Å². The van der Waals surface area contributed by atoms with E-state index in [0.717, 1.165) is 33.2 Å². The molecule has 0 aromatic heterocycles. The van der Waals surface area contributed by atoms with Gasteiger partial charge < -0.3 is 4.74 Å². The van der Waals surface area contributed by atoms with E-state index in [1.807, 2.05) is 0 Å². The van der Waals surface area contributed by atoms with E-state index in [-0.39, 0.29) is 0 Å². The molecule has 1 rings (SSSR count). The minimum Gasteiger partial charge on any atom is -0.381 e. The Morgan fingerprint density at radius 1 is 0.290 bits per heavy atom. The molecule has 0 amide bonds. The predicted octanol–water partition coefficient (Wildman–Crippen LogP) is 19.4. The quantitative estimate of drug-likeness (QED) is 0.0445. The highest BCUT2D eigenvalue weighted by molar-refractivity contribution is 4.73. The number of ether oxygens (including phenoxy) is 1. The highest BCUT2D eigenvalue weighted by Gasteiger charge is 2.27. The van der Waals surface area contributed by atoms with Gasteiger partial charge in [0.2, 0.25) is 0 Å². The van der Waals surface area contributed by atoms with E-state index in [1.54, 1.807) is 0 Å². The first-order valence-corrected chi connectivity index (χ1v) is 32.4. The van der Waals surface area contributed by atoms with Crippen molar-refractivity contribution in [2.24, 2.45) is 0 Å². The molecule has 6 nitrogen and oxygen atoms in total. The van der Waals surface area contributed by atoms with Crippen LogP contribution in [0.2, 0.25) is 0 Å². The van der Waals surface area contributed by atoms with E-state index in [4.69, 9.17) is 4.74 Å². The van der Waals surface area contributed by atoms with E-state index >= 15 is 0 Å². The number of unbranched alkanes of at least 4 members (excludes halogenated alkanes) is 40. The Morgan fingerprint density at radius 3 is 0.928 bits per heavy atom. The molecule has 1 heterocycles. The summed E-state index contributed by atoms with van der Waals surface area (Å²) in [7, 11) is 0. The fourth-order valence-electron chi connectivity index (χ4n) is 10.8. The lowest BCUT2D eigenvalue weighted by Crippen LogP contribution is -2.49. The lowest BCUT2D eigenvalue weighted by atomic mass is 10.1. The molecule has 0 aromatic carbocycles. The summed E-state index contributed by atoms with van der Waals surface area (Å²) in [5.41, 5.74) is 0. The SMILES string of the molecule is CCCCCCCCCCCCN(CCCCCCCCCCCC)CN(CCCCCCCCCCCC)N1CCN(CN(CCCCCCCCCCC)CCCCCCOCCCCC)C1. The molecular weight excluding hydrogens is 843 g/mol. The summed E-state index contributed by atoms with van der Waals surface area (Å²) < 4.78 is 5.95. The fraction of sp³-hybridized carbons (Fsp3) is 1.00. The summed E-state index contributed by atoms with van der Waals surface area (Å²) in [4.78, 5) is 8.60. The maximum absolute atomic E-state index is 5.95. The summed E-state index contributed by atoms with van der Waals surface area (Å²) >= 11 is 0. The van der Waals surface area contributed by atoms with Crippen LogP contribution in [0.3, 0.4) is 0 Å². The van der Waals surface area contributed by atoms with E-state index in [9.17, 15) is 0 Å². The first-order chi connectivity index (χ1) is 34.2. The van der Waals surface area contributed by atoms with Crippen LogP contribution in [0.1, 0.15) is 330 Å². The van der Waals surface area contributed by atoms with Gasteiger partial charge in [-0.15, -0.1) is 0 Å². The van der Waals surface area contributed by atoms with E-state index in [1.165, 1.54) is 341 Å². The van der Waals surface area contributed by atoms with E-state index < -0.39 is 0 Å². The Labute approximate surface area is 436 Å². The largest absolute Gasteiger partial charge is 0.381 e. The molecule has 0 radical (unpaired) electrons. The monoisotopic (exact) mass is 974 g/mol. The van der Waals surface area contributed by atoms with Crippen LogP contribution >= 0.6 is 0 Å². The second-order valence-corrected chi connectivity index (χ2v) is 22.6. The molecule has 0 saturated carbocycles. The Kier molecular flexibility index (Phi) is 53.7. The van der Waals surface area contributed by atoms with Gasteiger partial charge in [-0.05, 0) is 71.1 Å².